The van der Waals surface area contributed by atoms with Crippen LogP contribution in [0.3, 0.4) is 0 Å². The Kier molecular flexibility index (Phi) is 2.54. The molecule has 1 fully saturated rings. The Hall–Kier alpha value is -1.29. The Morgan fingerprint density at radius 2 is 2.50 bits per heavy atom. The van der Waals surface area contributed by atoms with Crippen LogP contribution in [0, 0.1) is 0 Å². The molecule has 2 unspecified atom stereocenters. The quantitative estimate of drug-likeness (QED) is 0.742. The maximum absolute atomic E-state index is 5.78. The maximum Gasteiger partial charge on any atom is 0.0748 e. The van der Waals surface area contributed by atoms with Crippen LogP contribution in [0.4, 0.5) is 11.4 Å². The van der Waals surface area contributed by atoms with E-state index in [1.807, 2.05) is 6.07 Å². The number of nitrogen functional groups attached to an aromatic ring is 1. The number of ether oxygens (including phenoxy) is 1. The van der Waals surface area contributed by atoms with Gasteiger partial charge in [0.05, 0.1) is 29.7 Å². The summed E-state index contributed by atoms with van der Waals surface area (Å²) in [5.41, 5.74) is 7.41. The summed E-state index contributed by atoms with van der Waals surface area (Å²) in [6, 6.07) is 2.25. The molecule has 0 aliphatic carbocycles. The van der Waals surface area contributed by atoms with Gasteiger partial charge in [-0.05, 0) is 19.4 Å². The molecule has 2 rings (SSSR count). The Labute approximate surface area is 83.5 Å². The van der Waals surface area contributed by atoms with Crippen molar-refractivity contribution in [3.8, 4) is 0 Å². The molecule has 1 saturated heterocycles. The number of aromatic nitrogens is 1. The van der Waals surface area contributed by atoms with E-state index >= 15 is 0 Å². The fourth-order valence-corrected chi connectivity index (χ4v) is 1.66. The van der Waals surface area contributed by atoms with Gasteiger partial charge < -0.3 is 15.8 Å². The van der Waals surface area contributed by atoms with E-state index in [1.165, 1.54) is 0 Å². The molecule has 0 spiro atoms. The highest BCUT2D eigenvalue weighted by molar-refractivity contribution is 5.64. The van der Waals surface area contributed by atoms with Gasteiger partial charge in [0.15, 0.2) is 0 Å². The Morgan fingerprint density at radius 3 is 3.14 bits per heavy atom. The lowest BCUT2D eigenvalue weighted by molar-refractivity contribution is 0.121. The van der Waals surface area contributed by atoms with Gasteiger partial charge in [-0.2, -0.15) is 0 Å². The van der Waals surface area contributed by atoms with E-state index in [-0.39, 0.29) is 6.10 Å². The molecule has 1 aliphatic heterocycles. The second-order valence-electron chi connectivity index (χ2n) is 3.58. The van der Waals surface area contributed by atoms with Crippen LogP contribution < -0.4 is 11.1 Å². The van der Waals surface area contributed by atoms with Crippen molar-refractivity contribution in [2.24, 2.45) is 0 Å². The molecule has 1 aromatic heterocycles. The van der Waals surface area contributed by atoms with Crippen LogP contribution in [0.2, 0.25) is 0 Å². The minimum atomic E-state index is 0.252. The zero-order valence-electron chi connectivity index (χ0n) is 8.23. The largest absolute Gasteiger partial charge is 0.396 e. The molecule has 0 aromatic carbocycles. The van der Waals surface area contributed by atoms with Crippen LogP contribution in [-0.2, 0) is 4.74 Å². The smallest absolute Gasteiger partial charge is 0.0748 e. The number of nitrogens with one attached hydrogen (secondary N) is 1. The summed E-state index contributed by atoms with van der Waals surface area (Å²) in [4.78, 5) is 3.94. The van der Waals surface area contributed by atoms with Crippen molar-refractivity contribution < 1.29 is 4.74 Å². The molecule has 0 amide bonds. The average Bonchev–Trinajstić information content (AvgIpc) is 2.56. The van der Waals surface area contributed by atoms with Crippen molar-refractivity contribution in [1.29, 1.82) is 0 Å². The number of hydrogen-bond acceptors (Lipinski definition) is 4. The lowest BCUT2D eigenvalue weighted by atomic mass is 10.1. The third-order valence-electron chi connectivity index (χ3n) is 2.57. The highest BCUT2D eigenvalue weighted by Gasteiger charge is 2.24. The predicted molar refractivity (Wildman–Crippen MR) is 56.1 cm³/mol. The average molecular weight is 193 g/mol. The van der Waals surface area contributed by atoms with Crippen molar-refractivity contribution in [2.45, 2.75) is 25.5 Å². The van der Waals surface area contributed by atoms with E-state index in [9.17, 15) is 0 Å². The molecule has 2 atom stereocenters. The normalized spacial score (nSPS) is 26.4. The maximum atomic E-state index is 5.78. The Balaban J connectivity index is 2.07. The Morgan fingerprint density at radius 1 is 1.64 bits per heavy atom. The van der Waals surface area contributed by atoms with Crippen molar-refractivity contribution >= 4 is 11.4 Å². The number of nitrogens with two attached hydrogens (primary N) is 1. The van der Waals surface area contributed by atoms with Crippen molar-refractivity contribution in [1.82, 2.24) is 4.98 Å². The first kappa shape index (κ1) is 9.27. The van der Waals surface area contributed by atoms with Gasteiger partial charge >= 0.3 is 0 Å². The third kappa shape index (κ3) is 1.80. The third-order valence-corrected chi connectivity index (χ3v) is 2.57. The molecule has 0 bridgehead atoms. The molecular weight excluding hydrogens is 178 g/mol. The van der Waals surface area contributed by atoms with Gasteiger partial charge in [-0.3, -0.25) is 4.98 Å². The first-order chi connectivity index (χ1) is 6.77. The zero-order chi connectivity index (χ0) is 9.97. The molecular formula is C10H15N3O. The highest BCUT2D eigenvalue weighted by atomic mass is 16.5. The van der Waals surface area contributed by atoms with Gasteiger partial charge in [0, 0.05) is 12.8 Å². The first-order valence-corrected chi connectivity index (χ1v) is 4.85. The molecule has 2 heterocycles. The zero-order valence-corrected chi connectivity index (χ0v) is 8.23. The number of anilines is 2. The van der Waals surface area contributed by atoms with Crippen molar-refractivity contribution in [3.63, 3.8) is 0 Å². The van der Waals surface area contributed by atoms with Crippen LogP contribution in [0.1, 0.15) is 13.3 Å². The summed E-state index contributed by atoms with van der Waals surface area (Å²) in [7, 11) is 0. The van der Waals surface area contributed by atoms with Gasteiger partial charge in [0.1, 0.15) is 0 Å². The first-order valence-electron chi connectivity index (χ1n) is 4.85. The van der Waals surface area contributed by atoms with Gasteiger partial charge in [0.25, 0.3) is 0 Å². The molecule has 14 heavy (non-hydrogen) atoms. The summed E-state index contributed by atoms with van der Waals surface area (Å²) in [6.07, 6.45) is 4.67. The summed E-state index contributed by atoms with van der Waals surface area (Å²) in [6.45, 7) is 2.89. The van der Waals surface area contributed by atoms with E-state index < -0.39 is 0 Å². The van der Waals surface area contributed by atoms with Crippen LogP contribution in [0.15, 0.2) is 18.5 Å². The molecule has 4 heteroatoms. The molecule has 1 aliphatic rings. The summed E-state index contributed by atoms with van der Waals surface area (Å²) in [5, 5.41) is 3.37. The summed E-state index contributed by atoms with van der Waals surface area (Å²) >= 11 is 0. The van der Waals surface area contributed by atoms with E-state index in [0.29, 0.717) is 11.7 Å². The van der Waals surface area contributed by atoms with Crippen LogP contribution in [-0.4, -0.2) is 23.7 Å². The lowest BCUT2D eigenvalue weighted by Crippen LogP contribution is -2.27. The topological polar surface area (TPSA) is 60.2 Å². The van der Waals surface area contributed by atoms with E-state index in [0.717, 1.165) is 18.7 Å². The van der Waals surface area contributed by atoms with Gasteiger partial charge in [-0.15, -0.1) is 0 Å². The van der Waals surface area contributed by atoms with Gasteiger partial charge in [0.2, 0.25) is 0 Å². The fourth-order valence-electron chi connectivity index (χ4n) is 1.66. The SMILES string of the molecule is CC1OCCC1Nc1ccncc1N. The molecule has 1 aromatic rings. The summed E-state index contributed by atoms with van der Waals surface area (Å²) < 4.78 is 5.46. The Bertz CT molecular complexity index is 316. The molecule has 3 N–H and O–H groups in total. The molecule has 0 radical (unpaired) electrons. The van der Waals surface area contributed by atoms with Gasteiger partial charge in [-0.25, -0.2) is 0 Å². The number of rotatable bonds is 2. The fraction of sp³-hybridized carbons (Fsp3) is 0.500. The van der Waals surface area contributed by atoms with Gasteiger partial charge in [-0.1, -0.05) is 0 Å². The lowest BCUT2D eigenvalue weighted by Gasteiger charge is -2.18. The number of hydrogen-bond donors (Lipinski definition) is 2. The predicted octanol–water partition coefficient (Wildman–Crippen LogP) is 1.25. The van der Waals surface area contributed by atoms with E-state index in [1.54, 1.807) is 12.4 Å². The molecule has 4 nitrogen and oxygen atoms in total. The molecule has 0 saturated carbocycles. The van der Waals surface area contributed by atoms with E-state index in [4.69, 9.17) is 10.5 Å². The standard InChI is InChI=1S/C10H15N3O/c1-7-9(3-5-14-7)13-10-2-4-12-6-8(10)11/h2,4,6-7,9H,3,5,11H2,1H3,(H,12,13). The monoisotopic (exact) mass is 193 g/mol. The second-order valence-corrected chi connectivity index (χ2v) is 3.58. The highest BCUT2D eigenvalue weighted by Crippen LogP contribution is 2.22. The molecule has 76 valence electrons. The van der Waals surface area contributed by atoms with Crippen molar-refractivity contribution in [3.05, 3.63) is 18.5 Å². The van der Waals surface area contributed by atoms with Crippen LogP contribution in [0.25, 0.3) is 0 Å². The minimum absolute atomic E-state index is 0.252. The van der Waals surface area contributed by atoms with Crippen molar-refractivity contribution in [2.75, 3.05) is 17.7 Å². The second kappa shape index (κ2) is 3.84. The number of pyridine rings is 1. The van der Waals surface area contributed by atoms with Crippen LogP contribution in [0.5, 0.6) is 0 Å². The number of nitrogens with zero attached hydrogens (tertiary/aromatic N) is 1. The minimum Gasteiger partial charge on any atom is -0.396 e. The van der Waals surface area contributed by atoms with Crippen LogP contribution >= 0.6 is 0 Å². The van der Waals surface area contributed by atoms with E-state index in [2.05, 4.69) is 17.2 Å². The summed E-state index contributed by atoms with van der Waals surface area (Å²) in [5.74, 6) is 0.